The largest absolute Gasteiger partial charge is 0.401 e. The highest BCUT2D eigenvalue weighted by atomic mass is 19.4. The summed E-state index contributed by atoms with van der Waals surface area (Å²) in [6, 6.07) is 4.55. The lowest BCUT2D eigenvalue weighted by Gasteiger charge is -2.36. The van der Waals surface area contributed by atoms with Crippen LogP contribution in [0.5, 0.6) is 0 Å². The lowest BCUT2D eigenvalue weighted by atomic mass is 9.96. The van der Waals surface area contributed by atoms with E-state index >= 15 is 0 Å². The van der Waals surface area contributed by atoms with Gasteiger partial charge in [-0.3, -0.25) is 4.90 Å². The summed E-state index contributed by atoms with van der Waals surface area (Å²) in [4.78, 5) is 1.43. The predicted molar refractivity (Wildman–Crippen MR) is 73.2 cm³/mol. The molecule has 0 bridgehead atoms. The van der Waals surface area contributed by atoms with E-state index in [9.17, 15) is 17.6 Å². The van der Waals surface area contributed by atoms with Crippen molar-refractivity contribution in [3.8, 4) is 0 Å². The first-order valence-electron chi connectivity index (χ1n) is 7.15. The van der Waals surface area contributed by atoms with Crippen molar-refractivity contribution in [2.45, 2.75) is 50.5 Å². The zero-order valence-electron chi connectivity index (χ0n) is 11.9. The van der Waals surface area contributed by atoms with Gasteiger partial charge in [-0.25, -0.2) is 4.39 Å². The summed E-state index contributed by atoms with van der Waals surface area (Å²) in [5.41, 5.74) is 6.71. The molecule has 2 N–H and O–H groups in total. The molecule has 2 atom stereocenters. The third-order valence-electron chi connectivity index (χ3n) is 3.82. The molecular weight excluding hydrogens is 284 g/mol. The van der Waals surface area contributed by atoms with Gasteiger partial charge in [-0.05, 0) is 37.0 Å². The second-order valence-corrected chi connectivity index (χ2v) is 5.59. The van der Waals surface area contributed by atoms with Crippen molar-refractivity contribution in [2.24, 2.45) is 5.73 Å². The van der Waals surface area contributed by atoms with Crippen molar-refractivity contribution in [1.82, 2.24) is 4.90 Å². The SMILES string of the molecule is CCC(N)C(c1ccc(F)cc1)N(CC(F)(F)F)C1CC1. The number of benzene rings is 1. The van der Waals surface area contributed by atoms with Crippen LogP contribution in [-0.4, -0.2) is 29.7 Å². The molecule has 0 aliphatic heterocycles. The molecule has 2 rings (SSSR count). The topological polar surface area (TPSA) is 29.3 Å². The van der Waals surface area contributed by atoms with Crippen molar-refractivity contribution in [3.63, 3.8) is 0 Å². The van der Waals surface area contributed by atoms with Gasteiger partial charge < -0.3 is 5.73 Å². The van der Waals surface area contributed by atoms with E-state index in [0.717, 1.165) is 12.8 Å². The molecule has 2 unspecified atom stereocenters. The van der Waals surface area contributed by atoms with Gasteiger partial charge in [-0.1, -0.05) is 19.1 Å². The van der Waals surface area contributed by atoms with Crippen LogP contribution in [0.25, 0.3) is 0 Å². The van der Waals surface area contributed by atoms with Crippen LogP contribution in [-0.2, 0) is 0 Å². The Morgan fingerprint density at radius 1 is 1.24 bits per heavy atom. The molecule has 0 spiro atoms. The average Bonchev–Trinajstić information content (AvgIpc) is 3.22. The molecule has 21 heavy (non-hydrogen) atoms. The highest BCUT2D eigenvalue weighted by Crippen LogP contribution is 2.38. The first-order chi connectivity index (χ1) is 9.81. The lowest BCUT2D eigenvalue weighted by Crippen LogP contribution is -2.46. The van der Waals surface area contributed by atoms with Gasteiger partial charge in [0, 0.05) is 12.1 Å². The van der Waals surface area contributed by atoms with Gasteiger partial charge in [0.2, 0.25) is 0 Å². The zero-order chi connectivity index (χ0) is 15.6. The minimum Gasteiger partial charge on any atom is -0.326 e. The Bertz CT molecular complexity index is 454. The van der Waals surface area contributed by atoms with E-state index in [2.05, 4.69) is 0 Å². The van der Waals surface area contributed by atoms with Crippen LogP contribution in [0.4, 0.5) is 17.6 Å². The van der Waals surface area contributed by atoms with Crippen LogP contribution < -0.4 is 5.73 Å². The summed E-state index contributed by atoms with van der Waals surface area (Å²) < 4.78 is 51.6. The van der Waals surface area contributed by atoms with E-state index < -0.39 is 30.6 Å². The Morgan fingerprint density at radius 2 is 1.81 bits per heavy atom. The molecule has 1 aromatic rings. The summed E-state index contributed by atoms with van der Waals surface area (Å²) in [7, 11) is 0. The van der Waals surface area contributed by atoms with Gasteiger partial charge in [0.1, 0.15) is 5.82 Å². The van der Waals surface area contributed by atoms with Crippen LogP contribution >= 0.6 is 0 Å². The Hall–Kier alpha value is -1.14. The van der Waals surface area contributed by atoms with Gasteiger partial charge in [-0.2, -0.15) is 13.2 Å². The normalized spacial score (nSPS) is 18.8. The predicted octanol–water partition coefficient (Wildman–Crippen LogP) is 3.63. The van der Waals surface area contributed by atoms with Crippen LogP contribution in [0.2, 0.25) is 0 Å². The van der Waals surface area contributed by atoms with Crippen molar-refractivity contribution in [2.75, 3.05) is 6.54 Å². The van der Waals surface area contributed by atoms with Crippen molar-refractivity contribution < 1.29 is 17.6 Å². The van der Waals surface area contributed by atoms with E-state index in [1.54, 1.807) is 0 Å². The standard InChI is InChI=1S/C15H20F4N2/c1-2-13(20)14(10-3-5-11(16)6-4-10)21(12-7-8-12)9-15(17,18)19/h3-6,12-14H,2,7-9,20H2,1H3. The van der Waals surface area contributed by atoms with Crippen LogP contribution in [0.3, 0.4) is 0 Å². The number of halogens is 4. The number of hydrogen-bond acceptors (Lipinski definition) is 2. The van der Waals surface area contributed by atoms with Crippen LogP contribution in [0.15, 0.2) is 24.3 Å². The summed E-state index contributed by atoms with van der Waals surface area (Å²) in [6.07, 6.45) is -2.20. The average molecular weight is 304 g/mol. The molecule has 0 aromatic heterocycles. The van der Waals surface area contributed by atoms with Crippen molar-refractivity contribution in [1.29, 1.82) is 0 Å². The first-order valence-corrected chi connectivity index (χ1v) is 7.15. The number of hydrogen-bond donors (Lipinski definition) is 1. The highest BCUT2D eigenvalue weighted by Gasteiger charge is 2.43. The molecule has 1 aromatic carbocycles. The highest BCUT2D eigenvalue weighted by molar-refractivity contribution is 5.22. The maximum Gasteiger partial charge on any atom is 0.401 e. The molecule has 6 heteroatoms. The Balaban J connectivity index is 2.30. The fraction of sp³-hybridized carbons (Fsp3) is 0.600. The summed E-state index contributed by atoms with van der Waals surface area (Å²) in [5, 5.41) is 0. The third kappa shape index (κ3) is 4.41. The minimum absolute atomic E-state index is 0.0840. The fourth-order valence-corrected chi connectivity index (χ4v) is 2.64. The van der Waals surface area contributed by atoms with Gasteiger partial charge in [0.25, 0.3) is 0 Å². The number of alkyl halides is 3. The Morgan fingerprint density at radius 3 is 2.24 bits per heavy atom. The van der Waals surface area contributed by atoms with E-state index in [-0.39, 0.29) is 6.04 Å². The Labute approximate surface area is 121 Å². The molecule has 2 nitrogen and oxygen atoms in total. The monoisotopic (exact) mass is 304 g/mol. The van der Waals surface area contributed by atoms with Crippen LogP contribution in [0.1, 0.15) is 37.8 Å². The van der Waals surface area contributed by atoms with Gasteiger partial charge >= 0.3 is 6.18 Å². The third-order valence-corrected chi connectivity index (χ3v) is 3.82. The first kappa shape index (κ1) is 16.2. The van der Waals surface area contributed by atoms with E-state index in [1.807, 2.05) is 6.92 Å². The van der Waals surface area contributed by atoms with Gasteiger partial charge in [-0.15, -0.1) is 0 Å². The number of nitrogens with two attached hydrogens (primary N) is 1. The van der Waals surface area contributed by atoms with Gasteiger partial charge in [0.15, 0.2) is 0 Å². The molecule has 0 heterocycles. The lowest BCUT2D eigenvalue weighted by molar-refractivity contribution is -0.153. The fourth-order valence-electron chi connectivity index (χ4n) is 2.64. The molecule has 1 fully saturated rings. The molecule has 0 amide bonds. The number of nitrogens with zero attached hydrogens (tertiary/aromatic N) is 1. The molecule has 1 saturated carbocycles. The smallest absolute Gasteiger partial charge is 0.326 e. The second kappa shape index (κ2) is 6.32. The quantitative estimate of drug-likeness (QED) is 0.813. The molecule has 1 aliphatic carbocycles. The molecular formula is C15H20F4N2. The number of rotatable bonds is 6. The maximum absolute atomic E-state index is 13.1. The van der Waals surface area contributed by atoms with Gasteiger partial charge in [0.05, 0.1) is 12.6 Å². The molecule has 0 saturated heterocycles. The molecule has 118 valence electrons. The van der Waals surface area contributed by atoms with E-state index in [4.69, 9.17) is 5.73 Å². The second-order valence-electron chi connectivity index (χ2n) is 5.59. The van der Waals surface area contributed by atoms with Crippen molar-refractivity contribution >= 4 is 0 Å². The van der Waals surface area contributed by atoms with E-state index in [1.165, 1.54) is 29.2 Å². The minimum atomic E-state index is -4.27. The summed E-state index contributed by atoms with van der Waals surface area (Å²) in [6.45, 7) is 0.868. The molecule has 0 radical (unpaired) electrons. The van der Waals surface area contributed by atoms with Crippen LogP contribution in [0, 0.1) is 5.82 Å². The summed E-state index contributed by atoms with van der Waals surface area (Å²) in [5.74, 6) is -0.406. The van der Waals surface area contributed by atoms with Crippen molar-refractivity contribution in [3.05, 3.63) is 35.6 Å². The molecule has 1 aliphatic rings. The maximum atomic E-state index is 13.1. The zero-order valence-corrected chi connectivity index (χ0v) is 11.9. The van der Waals surface area contributed by atoms with E-state index in [0.29, 0.717) is 12.0 Å². The Kier molecular flexibility index (Phi) is 4.88. The summed E-state index contributed by atoms with van der Waals surface area (Å²) >= 11 is 0.